The molecule has 0 bridgehead atoms. The Morgan fingerprint density at radius 2 is 1.91 bits per heavy atom. The highest BCUT2D eigenvalue weighted by molar-refractivity contribution is 6.52. The second-order valence-corrected chi connectivity index (χ2v) is 6.58. The first-order valence-corrected chi connectivity index (χ1v) is 7.91. The third-order valence-electron chi connectivity index (χ3n) is 4.17. The van der Waals surface area contributed by atoms with Gasteiger partial charge in [0.2, 0.25) is 0 Å². The van der Waals surface area contributed by atoms with Crippen LogP contribution in [0.4, 0.5) is 0 Å². The van der Waals surface area contributed by atoms with Crippen LogP contribution in [0.5, 0.6) is 0 Å². The predicted octanol–water partition coefficient (Wildman–Crippen LogP) is 1.68. The van der Waals surface area contributed by atoms with Gasteiger partial charge in [0.15, 0.2) is 0 Å². The largest absolute Gasteiger partial charge is 1.00 e. The fraction of sp³-hybridized carbons (Fsp3) is 0.400. The summed E-state index contributed by atoms with van der Waals surface area (Å²) in [6, 6.07) is 4.06. The molecule has 0 heterocycles. The van der Waals surface area contributed by atoms with Gasteiger partial charge in [0, 0.05) is 5.56 Å². The minimum absolute atomic E-state index is 0. The molecule has 0 saturated carbocycles. The van der Waals surface area contributed by atoms with Gasteiger partial charge in [-0.3, -0.25) is 9.59 Å². The number of aryl methyl sites for hydroxylation is 1. The van der Waals surface area contributed by atoms with E-state index in [2.05, 4.69) is 26.0 Å². The van der Waals surface area contributed by atoms with Gasteiger partial charge in [-0.1, -0.05) is 37.6 Å². The minimum atomic E-state index is -0.225. The number of hydrogen-bond donors (Lipinski definition) is 0. The molecule has 1 aliphatic rings. The average Bonchev–Trinajstić information content (AvgIpc) is 2.44. The van der Waals surface area contributed by atoms with Crippen molar-refractivity contribution < 1.29 is 22.0 Å². The Morgan fingerprint density at radius 3 is 2.48 bits per heavy atom. The first-order valence-electron chi connectivity index (χ1n) is 7.91. The molecule has 2 rings (SSSR count). The molecule has 0 amide bonds. The third kappa shape index (κ3) is 4.00. The number of hydrogen-bond acceptors (Lipinski definition) is 1. The fourth-order valence-electron chi connectivity index (χ4n) is 2.91. The summed E-state index contributed by atoms with van der Waals surface area (Å²) in [4.78, 5) is 22.9. The summed E-state index contributed by atoms with van der Waals surface area (Å²) in [5, 5.41) is 0. The second kappa shape index (κ2) is 7.74. The van der Waals surface area contributed by atoms with Gasteiger partial charge in [0.1, 0.15) is 0 Å². The van der Waals surface area contributed by atoms with Gasteiger partial charge in [-0.15, -0.1) is 0 Å². The molecule has 0 aromatic heterocycles. The highest BCUT2D eigenvalue weighted by Gasteiger charge is 2.36. The molecule has 1 N–H and O–H groups in total. The normalized spacial score (nSPS) is 13.4. The number of fused-ring (bicyclic) bond motifs is 1. The standard InChI is InChI=1S/C20H24O2.ClH/c1-12(2)7-6-8-16-14(5)9-10-15-11-17(13(3)4)19(21)20(22)18(15)16;/h7,9-11,13H,6,8H2,1-5H3;1H. The van der Waals surface area contributed by atoms with E-state index < -0.39 is 0 Å². The average molecular weight is 333 g/mol. The Hall–Kier alpha value is -1.67. The van der Waals surface area contributed by atoms with E-state index >= 15 is 0 Å². The topological polar surface area (TPSA) is 38.5 Å². The van der Waals surface area contributed by atoms with E-state index in [-0.39, 0.29) is 29.9 Å². The van der Waals surface area contributed by atoms with Crippen molar-refractivity contribution in [2.24, 2.45) is 5.92 Å². The van der Waals surface area contributed by atoms with E-state index in [9.17, 15) is 9.59 Å². The number of benzene rings is 1. The Bertz CT molecular complexity index is 690. The molecule has 3 heteroatoms. The van der Waals surface area contributed by atoms with E-state index in [1.54, 1.807) is 0 Å². The van der Waals surface area contributed by atoms with Gasteiger partial charge in [-0.05, 0) is 62.3 Å². The van der Waals surface area contributed by atoms with Crippen molar-refractivity contribution in [1.29, 1.82) is 0 Å². The SMILES string of the molecule is CC(C)=CCCc1c(C)ccc2c1C(=O)C(=[OH+])C(C(C)C)=C2.[Cl-]. The lowest BCUT2D eigenvalue weighted by Gasteiger charge is -2.18. The van der Waals surface area contributed by atoms with Gasteiger partial charge in [0.05, 0.1) is 5.57 Å². The summed E-state index contributed by atoms with van der Waals surface area (Å²) in [7, 11) is 0. The summed E-state index contributed by atoms with van der Waals surface area (Å²) in [6.45, 7) is 10.2. The van der Waals surface area contributed by atoms with Crippen LogP contribution in [0.25, 0.3) is 6.08 Å². The van der Waals surface area contributed by atoms with Crippen LogP contribution < -0.4 is 12.4 Å². The smallest absolute Gasteiger partial charge is 0.390 e. The maximum absolute atomic E-state index is 12.7. The van der Waals surface area contributed by atoms with Crippen molar-refractivity contribution in [3.63, 3.8) is 0 Å². The molecule has 0 unspecified atom stereocenters. The molecule has 0 saturated heterocycles. The molecule has 1 aliphatic carbocycles. The van der Waals surface area contributed by atoms with Crippen LogP contribution in [0, 0.1) is 12.8 Å². The van der Waals surface area contributed by atoms with Crippen molar-refractivity contribution >= 4 is 17.6 Å². The van der Waals surface area contributed by atoms with E-state index in [1.807, 2.05) is 32.9 Å². The highest BCUT2D eigenvalue weighted by Crippen LogP contribution is 2.30. The molecule has 0 spiro atoms. The summed E-state index contributed by atoms with van der Waals surface area (Å²) < 4.78 is 0. The predicted molar refractivity (Wildman–Crippen MR) is 93.0 cm³/mol. The molecule has 0 fully saturated rings. The van der Waals surface area contributed by atoms with Crippen molar-refractivity contribution in [1.82, 2.24) is 0 Å². The van der Waals surface area contributed by atoms with Crippen LogP contribution in [0.3, 0.4) is 0 Å². The van der Waals surface area contributed by atoms with Gasteiger partial charge >= 0.3 is 5.78 Å². The van der Waals surface area contributed by atoms with Crippen LogP contribution in [-0.2, 0) is 6.42 Å². The number of Topliss-reactive ketones (excluding diaryl/α,β-unsaturated/α-hetero) is 1. The number of rotatable bonds is 4. The number of ketones is 2. The van der Waals surface area contributed by atoms with E-state index in [0.717, 1.165) is 35.1 Å². The third-order valence-corrected chi connectivity index (χ3v) is 4.17. The lowest BCUT2D eigenvalue weighted by Crippen LogP contribution is -3.00. The molecule has 124 valence electrons. The summed E-state index contributed by atoms with van der Waals surface area (Å²) in [6.07, 6.45) is 5.88. The van der Waals surface area contributed by atoms with Gasteiger partial charge in [-0.2, -0.15) is 0 Å². The van der Waals surface area contributed by atoms with Crippen LogP contribution in [-0.4, -0.2) is 16.4 Å². The van der Waals surface area contributed by atoms with E-state index in [1.165, 1.54) is 5.57 Å². The summed E-state index contributed by atoms with van der Waals surface area (Å²) >= 11 is 0. The maximum Gasteiger partial charge on any atom is 0.390 e. The zero-order valence-corrected chi connectivity index (χ0v) is 15.3. The molecular weight excluding hydrogens is 308 g/mol. The van der Waals surface area contributed by atoms with Crippen molar-refractivity contribution in [3.8, 4) is 0 Å². The number of carbonyl (C=O) groups excluding carboxylic acids is 2. The van der Waals surface area contributed by atoms with Gasteiger partial charge in [0.25, 0.3) is 5.78 Å². The van der Waals surface area contributed by atoms with Crippen molar-refractivity contribution in [2.75, 3.05) is 0 Å². The number of carbonyl (C=O) groups is 1. The Kier molecular flexibility index (Phi) is 6.52. The maximum atomic E-state index is 12.7. The molecule has 0 aliphatic heterocycles. The van der Waals surface area contributed by atoms with E-state index in [0.29, 0.717) is 5.56 Å². The van der Waals surface area contributed by atoms with Crippen molar-refractivity contribution in [2.45, 2.75) is 47.5 Å². The number of halogens is 1. The monoisotopic (exact) mass is 332 g/mol. The van der Waals surface area contributed by atoms with Crippen LogP contribution >= 0.6 is 0 Å². The number of allylic oxidation sites excluding steroid dienone is 3. The summed E-state index contributed by atoms with van der Waals surface area (Å²) in [5.41, 5.74) is 5.81. The lowest BCUT2D eigenvalue weighted by molar-refractivity contribution is -0.0000123. The molecule has 1 aromatic carbocycles. The van der Waals surface area contributed by atoms with Crippen molar-refractivity contribution in [3.05, 3.63) is 51.6 Å². The zero-order chi connectivity index (χ0) is 16.4. The molecule has 23 heavy (non-hydrogen) atoms. The Morgan fingerprint density at radius 1 is 1.26 bits per heavy atom. The molecule has 0 atom stereocenters. The molecule has 1 aromatic rings. The second-order valence-electron chi connectivity index (χ2n) is 6.58. The quantitative estimate of drug-likeness (QED) is 0.469. The lowest BCUT2D eigenvalue weighted by atomic mass is 9.81. The van der Waals surface area contributed by atoms with E-state index in [4.69, 9.17) is 0 Å². The highest BCUT2D eigenvalue weighted by atomic mass is 35.5. The Labute approximate surface area is 145 Å². The van der Waals surface area contributed by atoms with Crippen LogP contribution in [0.15, 0.2) is 29.4 Å². The minimum Gasteiger partial charge on any atom is -1.00 e. The first kappa shape index (κ1) is 19.4. The summed E-state index contributed by atoms with van der Waals surface area (Å²) in [5.74, 6) is -0.179. The molecular formula is C20H25ClO2. The van der Waals surface area contributed by atoms with Crippen LogP contribution in [0.2, 0.25) is 0 Å². The first-order chi connectivity index (χ1) is 10.3. The van der Waals surface area contributed by atoms with Crippen LogP contribution in [0.1, 0.15) is 61.2 Å². The van der Waals surface area contributed by atoms with Gasteiger partial charge < -0.3 is 12.4 Å². The molecule has 0 radical (unpaired) electrons. The molecule has 2 nitrogen and oxygen atoms in total. The van der Waals surface area contributed by atoms with Gasteiger partial charge in [-0.25, -0.2) is 0 Å². The fourth-order valence-corrected chi connectivity index (χ4v) is 2.91. The zero-order valence-electron chi connectivity index (χ0n) is 14.5. The Balaban J connectivity index is 0.00000264.